The van der Waals surface area contributed by atoms with Gasteiger partial charge in [0.2, 0.25) is 5.78 Å². The summed E-state index contributed by atoms with van der Waals surface area (Å²) in [6.45, 7) is 2.33. The van der Waals surface area contributed by atoms with E-state index in [0.29, 0.717) is 40.2 Å². The van der Waals surface area contributed by atoms with Gasteiger partial charge in [-0.3, -0.25) is 14.9 Å². The molecule has 0 unspecified atom stereocenters. The molecular formula is C32H21NO8. The van der Waals surface area contributed by atoms with Gasteiger partial charge in [0, 0.05) is 29.1 Å². The molecule has 1 aliphatic rings. The van der Waals surface area contributed by atoms with Crippen LogP contribution < -0.4 is 14.2 Å². The maximum atomic E-state index is 13.6. The molecule has 0 N–H and O–H groups in total. The first-order valence-electron chi connectivity index (χ1n) is 12.7. The molecule has 0 amide bonds. The number of fused-ring (bicyclic) bond motifs is 2. The number of ketones is 1. The van der Waals surface area contributed by atoms with Gasteiger partial charge in [-0.2, -0.15) is 0 Å². The van der Waals surface area contributed by atoms with Crippen molar-refractivity contribution in [1.82, 2.24) is 0 Å². The van der Waals surface area contributed by atoms with Crippen LogP contribution in [0.4, 0.5) is 5.69 Å². The maximum absolute atomic E-state index is 13.6. The van der Waals surface area contributed by atoms with E-state index in [1.807, 2.05) is 37.3 Å². The van der Waals surface area contributed by atoms with Crippen molar-refractivity contribution in [3.05, 3.63) is 124 Å². The summed E-state index contributed by atoms with van der Waals surface area (Å²) >= 11 is 0. The first-order valence-corrected chi connectivity index (χ1v) is 12.7. The van der Waals surface area contributed by atoms with Crippen molar-refractivity contribution in [3.63, 3.8) is 0 Å². The minimum Gasteiger partial charge on any atom is -0.494 e. The normalized spacial score (nSPS) is 13.2. The third-order valence-corrected chi connectivity index (χ3v) is 6.44. The first kappa shape index (κ1) is 25.6. The molecule has 6 rings (SSSR count). The van der Waals surface area contributed by atoms with Gasteiger partial charge in [-0.15, -0.1) is 0 Å². The molecule has 0 saturated heterocycles. The lowest BCUT2D eigenvalue weighted by molar-refractivity contribution is -0.384. The van der Waals surface area contributed by atoms with Crippen molar-refractivity contribution in [2.45, 2.75) is 6.92 Å². The van der Waals surface area contributed by atoms with Crippen LogP contribution in [0.2, 0.25) is 0 Å². The molecule has 1 aliphatic heterocycles. The number of ether oxygens (including phenoxy) is 3. The number of Topliss-reactive ketones (excluding diaryl/α,β-unsaturated/α-hetero) is 1. The molecule has 0 aliphatic carbocycles. The standard InChI is InChI=1S/C32H21NO8/c1-2-38-22-12-14-26-25(17-22)29(31(41-26)20-8-4-3-5-9-20)32(35)39-23-11-13-24-27(18-23)40-28(30(24)34)16-19-7-6-10-21(15-19)33(36)37/h3-18H,2H2,1H3. The van der Waals surface area contributed by atoms with Crippen molar-refractivity contribution in [1.29, 1.82) is 0 Å². The van der Waals surface area contributed by atoms with Crippen LogP contribution in [0.5, 0.6) is 17.2 Å². The van der Waals surface area contributed by atoms with Crippen LogP contribution in [-0.2, 0) is 0 Å². The third-order valence-electron chi connectivity index (χ3n) is 6.44. The summed E-state index contributed by atoms with van der Waals surface area (Å²) < 4.78 is 23.2. The van der Waals surface area contributed by atoms with Crippen LogP contribution in [0.25, 0.3) is 28.4 Å². The molecule has 1 aromatic heterocycles. The molecule has 4 aromatic carbocycles. The van der Waals surface area contributed by atoms with Crippen LogP contribution in [0.15, 0.2) is 101 Å². The fourth-order valence-corrected chi connectivity index (χ4v) is 4.60. The highest BCUT2D eigenvalue weighted by Gasteiger charge is 2.29. The zero-order chi connectivity index (χ0) is 28.5. The molecule has 0 bridgehead atoms. The first-order chi connectivity index (χ1) is 19.9. The van der Waals surface area contributed by atoms with E-state index < -0.39 is 10.9 Å². The fourth-order valence-electron chi connectivity index (χ4n) is 4.60. The number of nitrogens with zero attached hydrogens (tertiary/aromatic N) is 1. The SMILES string of the molecule is CCOc1ccc2oc(-c3ccccc3)c(C(=O)Oc3ccc4c(c3)OC(=Cc3cccc([N+](=O)[O-])c3)C4=O)c2c1. The summed E-state index contributed by atoms with van der Waals surface area (Å²) in [4.78, 5) is 37.1. The van der Waals surface area contributed by atoms with E-state index >= 15 is 0 Å². The van der Waals surface area contributed by atoms with Crippen molar-refractivity contribution in [2.24, 2.45) is 0 Å². The van der Waals surface area contributed by atoms with Gasteiger partial charge in [-0.05, 0) is 48.9 Å². The molecular weight excluding hydrogens is 526 g/mol. The second kappa shape index (κ2) is 10.5. The number of carbonyl (C=O) groups is 2. The summed E-state index contributed by atoms with van der Waals surface area (Å²) in [5, 5.41) is 11.6. The highest BCUT2D eigenvalue weighted by Crippen LogP contribution is 2.38. The van der Waals surface area contributed by atoms with Gasteiger partial charge in [-0.1, -0.05) is 42.5 Å². The molecule has 0 saturated carbocycles. The average molecular weight is 548 g/mol. The number of furan rings is 1. The molecule has 5 aromatic rings. The zero-order valence-electron chi connectivity index (χ0n) is 21.7. The van der Waals surface area contributed by atoms with E-state index in [9.17, 15) is 19.7 Å². The number of allylic oxidation sites excluding steroid dienone is 1. The smallest absolute Gasteiger partial charge is 0.348 e. The summed E-state index contributed by atoms with van der Waals surface area (Å²) in [6.07, 6.45) is 1.43. The van der Waals surface area contributed by atoms with E-state index in [1.54, 1.807) is 24.3 Å². The Hall–Kier alpha value is -5.70. The topological polar surface area (TPSA) is 118 Å². The number of hydrogen-bond donors (Lipinski definition) is 0. The van der Waals surface area contributed by atoms with Crippen molar-refractivity contribution < 1.29 is 33.1 Å². The predicted octanol–water partition coefficient (Wildman–Crippen LogP) is 7.24. The summed E-state index contributed by atoms with van der Waals surface area (Å²) in [5.41, 5.74) is 2.05. The minimum absolute atomic E-state index is 0.000351. The second-order valence-corrected chi connectivity index (χ2v) is 9.10. The van der Waals surface area contributed by atoms with Crippen LogP contribution >= 0.6 is 0 Å². The lowest BCUT2D eigenvalue weighted by atomic mass is 10.1. The Morgan fingerprint density at radius 2 is 1.76 bits per heavy atom. The molecule has 0 radical (unpaired) electrons. The third kappa shape index (κ3) is 4.92. The lowest BCUT2D eigenvalue weighted by Crippen LogP contribution is -2.09. The van der Waals surface area contributed by atoms with Gasteiger partial charge in [-0.25, -0.2) is 4.79 Å². The largest absolute Gasteiger partial charge is 0.494 e. The minimum atomic E-state index is -0.659. The number of non-ortho nitro benzene ring substituents is 1. The Bertz CT molecular complexity index is 1870. The molecule has 9 nitrogen and oxygen atoms in total. The number of nitro benzene ring substituents is 1. The van der Waals surface area contributed by atoms with Crippen LogP contribution in [-0.4, -0.2) is 23.3 Å². The van der Waals surface area contributed by atoms with Crippen molar-refractivity contribution >= 4 is 34.5 Å². The highest BCUT2D eigenvalue weighted by molar-refractivity contribution is 6.15. The number of benzene rings is 4. The van der Waals surface area contributed by atoms with Crippen LogP contribution in [0, 0.1) is 10.1 Å². The summed E-state index contributed by atoms with van der Waals surface area (Å²) in [5.74, 6) is 0.256. The van der Waals surface area contributed by atoms with E-state index in [2.05, 4.69) is 0 Å². The Kier molecular flexibility index (Phi) is 6.52. The van der Waals surface area contributed by atoms with E-state index in [0.717, 1.165) is 0 Å². The Morgan fingerprint density at radius 3 is 2.54 bits per heavy atom. The van der Waals surface area contributed by atoms with Crippen molar-refractivity contribution in [2.75, 3.05) is 6.61 Å². The number of rotatable bonds is 7. The molecule has 9 heteroatoms. The van der Waals surface area contributed by atoms with E-state index in [4.69, 9.17) is 18.6 Å². The Balaban J connectivity index is 1.32. The van der Waals surface area contributed by atoms with Gasteiger partial charge in [0.15, 0.2) is 5.76 Å². The van der Waals surface area contributed by atoms with E-state index in [-0.39, 0.29) is 39.9 Å². The van der Waals surface area contributed by atoms with Gasteiger partial charge >= 0.3 is 5.97 Å². The molecule has 0 fully saturated rings. The average Bonchev–Trinajstić information content (AvgIpc) is 3.51. The van der Waals surface area contributed by atoms with Crippen LogP contribution in [0.3, 0.4) is 0 Å². The monoisotopic (exact) mass is 547 g/mol. The van der Waals surface area contributed by atoms with Gasteiger partial charge in [0.1, 0.15) is 34.2 Å². The number of hydrogen-bond acceptors (Lipinski definition) is 8. The number of esters is 1. The molecule has 0 spiro atoms. The lowest BCUT2D eigenvalue weighted by Gasteiger charge is -2.07. The van der Waals surface area contributed by atoms with Crippen molar-refractivity contribution in [3.8, 4) is 28.6 Å². The fraction of sp³-hybridized carbons (Fsp3) is 0.0625. The quantitative estimate of drug-likeness (QED) is 0.0688. The van der Waals surface area contributed by atoms with E-state index in [1.165, 1.54) is 42.5 Å². The number of nitro groups is 1. The molecule has 41 heavy (non-hydrogen) atoms. The van der Waals surface area contributed by atoms with Gasteiger partial charge in [0.25, 0.3) is 5.69 Å². The highest BCUT2D eigenvalue weighted by atomic mass is 16.6. The van der Waals surface area contributed by atoms with Crippen LogP contribution in [0.1, 0.15) is 33.2 Å². The predicted molar refractivity (Wildman–Crippen MR) is 150 cm³/mol. The summed E-state index contributed by atoms with van der Waals surface area (Å²) in [7, 11) is 0. The molecule has 202 valence electrons. The van der Waals surface area contributed by atoms with Gasteiger partial charge in [0.05, 0.1) is 17.1 Å². The summed E-state index contributed by atoms with van der Waals surface area (Å²) in [6, 6.07) is 24.8. The Morgan fingerprint density at radius 1 is 0.951 bits per heavy atom. The second-order valence-electron chi connectivity index (χ2n) is 9.10. The maximum Gasteiger partial charge on any atom is 0.348 e. The Labute approximate surface area is 233 Å². The zero-order valence-corrected chi connectivity index (χ0v) is 21.7. The van der Waals surface area contributed by atoms with Gasteiger partial charge < -0.3 is 18.6 Å². The molecule has 2 heterocycles. The number of carbonyl (C=O) groups excluding carboxylic acids is 2. The molecule has 0 atom stereocenters.